The van der Waals surface area contributed by atoms with Gasteiger partial charge >= 0.3 is 0 Å². The minimum absolute atomic E-state index is 0.304. The van der Waals surface area contributed by atoms with E-state index in [1.165, 1.54) is 17.7 Å². The Hall–Kier alpha value is -2.18. The van der Waals surface area contributed by atoms with Gasteiger partial charge in [0.2, 0.25) is 5.95 Å². The molecule has 0 radical (unpaired) electrons. The highest BCUT2D eigenvalue weighted by molar-refractivity contribution is 5.46. The van der Waals surface area contributed by atoms with Gasteiger partial charge in [-0.2, -0.15) is 0 Å². The summed E-state index contributed by atoms with van der Waals surface area (Å²) in [6, 6.07) is 10.7. The molecule has 1 N–H and O–H groups in total. The van der Waals surface area contributed by atoms with Crippen LogP contribution in [0.15, 0.2) is 42.7 Å². The molecule has 6 nitrogen and oxygen atoms in total. The first-order valence-electron chi connectivity index (χ1n) is 10.1. The summed E-state index contributed by atoms with van der Waals surface area (Å²) < 4.78 is 5.62. The normalized spacial score (nSPS) is 21.2. The van der Waals surface area contributed by atoms with Gasteiger partial charge in [0.1, 0.15) is 0 Å². The monoisotopic (exact) mass is 367 g/mol. The standard InChI is InChI=1S/C21H29N5O/c1-2-6-19(7-3-1)26-10-5-9-25(11-12-26)17-18-14-22-21(23-15-18)24-16-20-8-4-13-27-20/h1-3,6-7,14-15,20H,4-5,8-13,16-17H2,(H,22,23,24)/t20-/m0/s1. The van der Waals surface area contributed by atoms with Crippen molar-refractivity contribution in [3.8, 4) is 0 Å². The number of benzene rings is 1. The van der Waals surface area contributed by atoms with E-state index >= 15 is 0 Å². The van der Waals surface area contributed by atoms with Crippen LogP contribution in [-0.2, 0) is 11.3 Å². The third kappa shape index (κ3) is 5.17. The second-order valence-corrected chi connectivity index (χ2v) is 7.38. The van der Waals surface area contributed by atoms with Crippen LogP contribution >= 0.6 is 0 Å². The molecule has 1 aromatic carbocycles. The zero-order valence-corrected chi connectivity index (χ0v) is 15.9. The second-order valence-electron chi connectivity index (χ2n) is 7.38. The average Bonchev–Trinajstić information content (AvgIpc) is 3.13. The maximum Gasteiger partial charge on any atom is 0.222 e. The Morgan fingerprint density at radius 3 is 2.63 bits per heavy atom. The van der Waals surface area contributed by atoms with Crippen molar-refractivity contribution >= 4 is 11.6 Å². The number of anilines is 2. The molecule has 2 fully saturated rings. The van der Waals surface area contributed by atoms with Gasteiger partial charge in [-0.3, -0.25) is 4.90 Å². The van der Waals surface area contributed by atoms with Gasteiger partial charge < -0.3 is 15.0 Å². The summed E-state index contributed by atoms with van der Waals surface area (Å²) in [6.45, 7) is 6.93. The molecule has 0 unspecified atom stereocenters. The molecule has 4 rings (SSSR count). The SMILES string of the molecule is c1ccc(N2CCCN(Cc3cnc(NC[C@@H]4CCCO4)nc3)CC2)cc1. The zero-order valence-electron chi connectivity index (χ0n) is 15.9. The lowest BCUT2D eigenvalue weighted by Gasteiger charge is -2.23. The fourth-order valence-corrected chi connectivity index (χ4v) is 3.82. The van der Waals surface area contributed by atoms with E-state index in [9.17, 15) is 0 Å². The molecule has 0 bridgehead atoms. The Balaban J connectivity index is 1.26. The van der Waals surface area contributed by atoms with Crippen molar-refractivity contribution in [1.82, 2.24) is 14.9 Å². The van der Waals surface area contributed by atoms with Crippen LogP contribution in [0.1, 0.15) is 24.8 Å². The predicted octanol–water partition coefficient (Wildman–Crippen LogP) is 2.78. The molecule has 144 valence electrons. The first-order chi connectivity index (χ1) is 13.4. The molecule has 27 heavy (non-hydrogen) atoms. The molecule has 2 aromatic rings. The van der Waals surface area contributed by atoms with Crippen LogP contribution in [0.5, 0.6) is 0 Å². The number of aromatic nitrogens is 2. The molecule has 0 spiro atoms. The molecular weight excluding hydrogens is 338 g/mol. The van der Waals surface area contributed by atoms with Gasteiger partial charge in [-0.25, -0.2) is 9.97 Å². The van der Waals surface area contributed by atoms with Crippen molar-refractivity contribution in [2.75, 3.05) is 49.5 Å². The van der Waals surface area contributed by atoms with Crippen LogP contribution in [0, 0.1) is 0 Å². The van der Waals surface area contributed by atoms with Crippen molar-refractivity contribution in [3.63, 3.8) is 0 Å². The summed E-state index contributed by atoms with van der Waals surface area (Å²) >= 11 is 0. The lowest BCUT2D eigenvalue weighted by Crippen LogP contribution is -2.30. The van der Waals surface area contributed by atoms with Crippen LogP contribution in [0.25, 0.3) is 0 Å². The molecule has 0 aliphatic carbocycles. The van der Waals surface area contributed by atoms with E-state index in [-0.39, 0.29) is 0 Å². The molecule has 1 aromatic heterocycles. The largest absolute Gasteiger partial charge is 0.376 e. The zero-order chi connectivity index (χ0) is 18.3. The Morgan fingerprint density at radius 1 is 1.00 bits per heavy atom. The number of nitrogens with zero attached hydrogens (tertiary/aromatic N) is 4. The van der Waals surface area contributed by atoms with Crippen LogP contribution < -0.4 is 10.2 Å². The molecule has 2 aliphatic heterocycles. The summed E-state index contributed by atoms with van der Waals surface area (Å²) in [6.07, 6.45) is 7.66. The van der Waals surface area contributed by atoms with Crippen LogP contribution in [-0.4, -0.2) is 60.3 Å². The van der Waals surface area contributed by atoms with E-state index in [0.717, 1.165) is 58.7 Å². The van der Waals surface area contributed by atoms with Crippen LogP contribution in [0.3, 0.4) is 0 Å². The molecule has 2 aliphatic rings. The number of para-hydroxylation sites is 1. The molecule has 2 saturated heterocycles. The first-order valence-corrected chi connectivity index (χ1v) is 10.1. The van der Waals surface area contributed by atoms with E-state index in [1.54, 1.807) is 0 Å². The van der Waals surface area contributed by atoms with Gasteiger partial charge in [-0.15, -0.1) is 0 Å². The lowest BCUT2D eigenvalue weighted by molar-refractivity contribution is 0.120. The number of hydrogen-bond acceptors (Lipinski definition) is 6. The van der Waals surface area contributed by atoms with Crippen molar-refractivity contribution in [2.45, 2.75) is 31.9 Å². The minimum Gasteiger partial charge on any atom is -0.376 e. The van der Waals surface area contributed by atoms with Gasteiger partial charge in [0.15, 0.2) is 0 Å². The van der Waals surface area contributed by atoms with Crippen molar-refractivity contribution in [1.29, 1.82) is 0 Å². The van der Waals surface area contributed by atoms with Gasteiger partial charge in [0.05, 0.1) is 6.10 Å². The number of nitrogens with one attached hydrogen (secondary N) is 1. The van der Waals surface area contributed by atoms with Gasteiger partial charge in [-0.1, -0.05) is 18.2 Å². The lowest BCUT2D eigenvalue weighted by atomic mass is 10.2. The Morgan fingerprint density at radius 2 is 1.85 bits per heavy atom. The third-order valence-electron chi connectivity index (χ3n) is 5.33. The van der Waals surface area contributed by atoms with Gasteiger partial charge in [0, 0.05) is 69.5 Å². The minimum atomic E-state index is 0.304. The Kier molecular flexibility index (Phi) is 6.17. The van der Waals surface area contributed by atoms with E-state index in [1.807, 2.05) is 12.4 Å². The topological polar surface area (TPSA) is 53.5 Å². The number of hydrogen-bond donors (Lipinski definition) is 1. The average molecular weight is 367 g/mol. The summed E-state index contributed by atoms with van der Waals surface area (Å²) in [7, 11) is 0. The van der Waals surface area contributed by atoms with Gasteiger partial charge in [0.25, 0.3) is 0 Å². The Bertz CT molecular complexity index is 687. The van der Waals surface area contributed by atoms with Gasteiger partial charge in [-0.05, 0) is 31.4 Å². The summed E-state index contributed by atoms with van der Waals surface area (Å²) in [5.41, 5.74) is 2.50. The van der Waals surface area contributed by atoms with E-state index in [4.69, 9.17) is 4.74 Å². The summed E-state index contributed by atoms with van der Waals surface area (Å²) in [5.74, 6) is 0.695. The van der Waals surface area contributed by atoms with Crippen molar-refractivity contribution < 1.29 is 4.74 Å². The predicted molar refractivity (Wildman–Crippen MR) is 108 cm³/mol. The van der Waals surface area contributed by atoms with Crippen molar-refractivity contribution in [3.05, 3.63) is 48.3 Å². The fourth-order valence-electron chi connectivity index (χ4n) is 3.82. The molecule has 0 amide bonds. The van der Waals surface area contributed by atoms with Crippen LogP contribution in [0.2, 0.25) is 0 Å². The second kappa shape index (κ2) is 9.15. The van der Waals surface area contributed by atoms with E-state index in [2.05, 4.69) is 55.4 Å². The quantitative estimate of drug-likeness (QED) is 0.847. The van der Waals surface area contributed by atoms with Crippen LogP contribution in [0.4, 0.5) is 11.6 Å². The smallest absolute Gasteiger partial charge is 0.222 e. The highest BCUT2D eigenvalue weighted by Gasteiger charge is 2.17. The summed E-state index contributed by atoms with van der Waals surface area (Å²) in [4.78, 5) is 13.9. The number of rotatable bonds is 6. The molecule has 6 heteroatoms. The first kappa shape index (κ1) is 18.2. The van der Waals surface area contributed by atoms with Crippen molar-refractivity contribution in [2.24, 2.45) is 0 Å². The third-order valence-corrected chi connectivity index (χ3v) is 5.33. The molecule has 3 heterocycles. The molecule has 0 saturated carbocycles. The molecule has 1 atom stereocenters. The summed E-state index contributed by atoms with van der Waals surface area (Å²) in [5, 5.41) is 3.28. The fraction of sp³-hybridized carbons (Fsp3) is 0.524. The van der Waals surface area contributed by atoms with E-state index < -0.39 is 0 Å². The highest BCUT2D eigenvalue weighted by atomic mass is 16.5. The Labute approximate surface area is 161 Å². The maximum atomic E-state index is 5.62. The van der Waals surface area contributed by atoms with E-state index in [0.29, 0.717) is 12.1 Å². The highest BCUT2D eigenvalue weighted by Crippen LogP contribution is 2.17. The molecular formula is C21H29N5O. The number of ether oxygens (including phenoxy) is 1. The maximum absolute atomic E-state index is 5.62.